The smallest absolute Gasteiger partial charge is 0.320 e. The molecular formula is C16H19FO2S. The minimum Gasteiger partial charge on any atom is -0.480 e. The second-order valence-corrected chi connectivity index (χ2v) is 7.67. The van der Waals surface area contributed by atoms with E-state index in [1.165, 1.54) is 37.1 Å². The fourth-order valence-corrected chi connectivity index (χ4v) is 5.40. The van der Waals surface area contributed by atoms with Gasteiger partial charge in [-0.3, -0.25) is 4.79 Å². The van der Waals surface area contributed by atoms with Gasteiger partial charge in [0.25, 0.3) is 0 Å². The molecule has 0 bridgehead atoms. The zero-order valence-electron chi connectivity index (χ0n) is 11.4. The molecule has 3 rings (SSSR count). The third-order valence-corrected chi connectivity index (χ3v) is 6.17. The average molecular weight is 294 g/mol. The first-order chi connectivity index (χ1) is 9.55. The quantitative estimate of drug-likeness (QED) is 0.892. The van der Waals surface area contributed by atoms with Gasteiger partial charge >= 0.3 is 5.97 Å². The normalized spacial score (nSPS) is 23.2. The van der Waals surface area contributed by atoms with Crippen LogP contribution < -0.4 is 0 Å². The first-order valence-corrected chi connectivity index (χ1v) is 8.04. The van der Waals surface area contributed by atoms with Crippen molar-refractivity contribution < 1.29 is 14.3 Å². The van der Waals surface area contributed by atoms with Gasteiger partial charge in [0.1, 0.15) is 10.6 Å². The molecule has 4 heteroatoms. The van der Waals surface area contributed by atoms with Gasteiger partial charge in [-0.15, -0.1) is 11.8 Å². The Morgan fingerprint density at radius 1 is 1.15 bits per heavy atom. The lowest BCUT2D eigenvalue weighted by molar-refractivity contribution is -0.147. The summed E-state index contributed by atoms with van der Waals surface area (Å²) in [5.41, 5.74) is 0.217. The summed E-state index contributed by atoms with van der Waals surface area (Å²) < 4.78 is 12.9. The summed E-state index contributed by atoms with van der Waals surface area (Å²) >= 11 is 1.21. The Hall–Kier alpha value is -1.03. The van der Waals surface area contributed by atoms with E-state index in [1.54, 1.807) is 18.2 Å². The molecule has 20 heavy (non-hydrogen) atoms. The highest BCUT2D eigenvalue weighted by atomic mass is 32.2. The van der Waals surface area contributed by atoms with E-state index in [2.05, 4.69) is 0 Å². The van der Waals surface area contributed by atoms with Gasteiger partial charge in [0.15, 0.2) is 0 Å². The summed E-state index contributed by atoms with van der Waals surface area (Å²) in [7, 11) is 0. The van der Waals surface area contributed by atoms with Crippen LogP contribution in [0, 0.1) is 11.2 Å². The van der Waals surface area contributed by atoms with Crippen molar-refractivity contribution >= 4 is 17.7 Å². The van der Waals surface area contributed by atoms with Crippen molar-refractivity contribution in [2.75, 3.05) is 0 Å². The molecule has 0 aliphatic heterocycles. The molecule has 108 valence electrons. The van der Waals surface area contributed by atoms with Gasteiger partial charge in [-0.1, -0.05) is 31.4 Å². The molecule has 2 aliphatic rings. The Bertz CT molecular complexity index is 515. The van der Waals surface area contributed by atoms with Gasteiger partial charge < -0.3 is 5.11 Å². The summed E-state index contributed by atoms with van der Waals surface area (Å²) in [6.45, 7) is 0. The van der Waals surface area contributed by atoms with E-state index in [9.17, 15) is 14.3 Å². The van der Waals surface area contributed by atoms with Crippen molar-refractivity contribution in [3.05, 3.63) is 30.1 Å². The van der Waals surface area contributed by atoms with Gasteiger partial charge in [0, 0.05) is 4.90 Å². The number of carboxylic acid groups (broad SMARTS) is 1. The van der Waals surface area contributed by atoms with Gasteiger partial charge in [0.05, 0.1) is 0 Å². The number of hydrogen-bond donors (Lipinski definition) is 1. The minimum atomic E-state index is -0.820. The SMILES string of the molecule is O=C(O)C1(Sc2ccccc2F)CC2(CCCCC2)C1. The molecular weight excluding hydrogens is 275 g/mol. The Morgan fingerprint density at radius 2 is 1.80 bits per heavy atom. The maximum atomic E-state index is 13.8. The Balaban J connectivity index is 1.78. The zero-order chi connectivity index (χ0) is 14.2. The zero-order valence-corrected chi connectivity index (χ0v) is 12.2. The van der Waals surface area contributed by atoms with Crippen LogP contribution in [0.15, 0.2) is 29.2 Å². The van der Waals surface area contributed by atoms with Gasteiger partial charge in [-0.25, -0.2) is 4.39 Å². The van der Waals surface area contributed by atoms with E-state index >= 15 is 0 Å². The molecule has 0 amide bonds. The number of rotatable bonds is 3. The summed E-state index contributed by atoms with van der Waals surface area (Å²) in [6, 6.07) is 6.47. The van der Waals surface area contributed by atoms with E-state index < -0.39 is 10.7 Å². The van der Waals surface area contributed by atoms with Crippen molar-refractivity contribution in [2.45, 2.75) is 54.6 Å². The lowest BCUT2D eigenvalue weighted by Gasteiger charge is -2.55. The second-order valence-electron chi connectivity index (χ2n) is 6.25. The Kier molecular flexibility index (Phi) is 3.53. The predicted molar refractivity (Wildman–Crippen MR) is 77.4 cm³/mol. The van der Waals surface area contributed by atoms with Crippen molar-refractivity contribution in [2.24, 2.45) is 5.41 Å². The van der Waals surface area contributed by atoms with E-state index in [1.807, 2.05) is 0 Å². The molecule has 1 N–H and O–H groups in total. The number of halogens is 1. The van der Waals surface area contributed by atoms with Crippen LogP contribution in [0.5, 0.6) is 0 Å². The number of benzene rings is 1. The van der Waals surface area contributed by atoms with Crippen molar-refractivity contribution in [1.29, 1.82) is 0 Å². The molecule has 0 unspecified atom stereocenters. The molecule has 0 heterocycles. The van der Waals surface area contributed by atoms with Crippen LogP contribution in [0.4, 0.5) is 4.39 Å². The van der Waals surface area contributed by atoms with E-state index in [4.69, 9.17) is 0 Å². The number of carboxylic acids is 1. The van der Waals surface area contributed by atoms with Gasteiger partial charge in [-0.2, -0.15) is 0 Å². The average Bonchev–Trinajstić information content (AvgIpc) is 2.40. The topological polar surface area (TPSA) is 37.3 Å². The lowest BCUT2D eigenvalue weighted by atomic mass is 9.55. The molecule has 0 radical (unpaired) electrons. The highest BCUT2D eigenvalue weighted by Crippen LogP contribution is 2.63. The van der Waals surface area contributed by atoms with Gasteiger partial charge in [0.2, 0.25) is 0 Å². The Morgan fingerprint density at radius 3 is 2.40 bits per heavy atom. The summed E-state index contributed by atoms with van der Waals surface area (Å²) in [6.07, 6.45) is 7.34. The van der Waals surface area contributed by atoms with E-state index in [0.717, 1.165) is 12.8 Å². The van der Waals surface area contributed by atoms with Crippen molar-refractivity contribution in [3.8, 4) is 0 Å². The summed E-state index contributed by atoms with van der Waals surface area (Å²) in [5, 5.41) is 9.61. The highest BCUT2D eigenvalue weighted by molar-refractivity contribution is 8.01. The molecule has 2 saturated carbocycles. The van der Waals surface area contributed by atoms with E-state index in [0.29, 0.717) is 17.7 Å². The van der Waals surface area contributed by atoms with Crippen molar-refractivity contribution in [3.63, 3.8) is 0 Å². The third kappa shape index (κ3) is 2.34. The van der Waals surface area contributed by atoms with Crippen LogP contribution in [0.3, 0.4) is 0 Å². The number of thioether (sulfide) groups is 1. The maximum absolute atomic E-state index is 13.8. The fourth-order valence-electron chi connectivity index (χ4n) is 3.82. The fraction of sp³-hybridized carbons (Fsp3) is 0.562. The number of carbonyl (C=O) groups is 1. The lowest BCUT2D eigenvalue weighted by Crippen LogP contribution is -2.55. The van der Waals surface area contributed by atoms with Crippen LogP contribution in [0.2, 0.25) is 0 Å². The first-order valence-electron chi connectivity index (χ1n) is 7.22. The molecule has 0 saturated heterocycles. The largest absolute Gasteiger partial charge is 0.480 e. The number of aliphatic carboxylic acids is 1. The van der Waals surface area contributed by atoms with Crippen LogP contribution in [-0.2, 0) is 4.79 Å². The van der Waals surface area contributed by atoms with Crippen LogP contribution in [-0.4, -0.2) is 15.8 Å². The molecule has 1 spiro atoms. The molecule has 2 nitrogen and oxygen atoms in total. The molecule has 2 aliphatic carbocycles. The molecule has 0 aromatic heterocycles. The summed E-state index contributed by atoms with van der Waals surface area (Å²) in [5.74, 6) is -1.11. The molecule has 1 aromatic rings. The van der Waals surface area contributed by atoms with Crippen LogP contribution >= 0.6 is 11.8 Å². The first kappa shape index (κ1) is 13.9. The molecule has 2 fully saturated rings. The highest BCUT2D eigenvalue weighted by Gasteiger charge is 2.59. The third-order valence-electron chi connectivity index (χ3n) is 4.77. The van der Waals surface area contributed by atoms with Gasteiger partial charge in [-0.05, 0) is 43.2 Å². The van der Waals surface area contributed by atoms with Crippen molar-refractivity contribution in [1.82, 2.24) is 0 Å². The summed E-state index contributed by atoms with van der Waals surface area (Å²) in [4.78, 5) is 12.2. The standard InChI is InChI=1S/C16H19FO2S/c17-12-6-2-3-7-13(12)20-16(14(18)19)10-15(11-16)8-4-1-5-9-15/h2-3,6-7H,1,4-5,8-11H2,(H,18,19). The minimum absolute atomic E-state index is 0.217. The number of hydrogen-bond acceptors (Lipinski definition) is 2. The Labute approximate surface area is 122 Å². The van der Waals surface area contributed by atoms with E-state index in [-0.39, 0.29) is 11.2 Å². The van der Waals surface area contributed by atoms with Crippen LogP contribution in [0.25, 0.3) is 0 Å². The monoisotopic (exact) mass is 294 g/mol. The van der Waals surface area contributed by atoms with Crippen LogP contribution in [0.1, 0.15) is 44.9 Å². The second kappa shape index (κ2) is 5.06. The maximum Gasteiger partial charge on any atom is 0.320 e. The predicted octanol–water partition coefficient (Wildman–Crippen LogP) is 4.49. The molecule has 1 aromatic carbocycles. The molecule has 0 atom stereocenters.